The van der Waals surface area contributed by atoms with Gasteiger partial charge in [-0.15, -0.1) is 0 Å². The molecule has 0 spiro atoms. The van der Waals surface area contributed by atoms with Gasteiger partial charge >= 0.3 is 0 Å². The average molecular weight is 349 g/mol. The highest BCUT2D eigenvalue weighted by atomic mass is 16.5. The molecule has 3 rings (SSSR count). The molecule has 1 aromatic heterocycles. The van der Waals surface area contributed by atoms with Crippen LogP contribution in [0, 0.1) is 11.3 Å². The summed E-state index contributed by atoms with van der Waals surface area (Å²) in [5.41, 5.74) is 1.64. The van der Waals surface area contributed by atoms with Crippen molar-refractivity contribution in [2.45, 2.75) is 44.7 Å². The second-order valence-electron chi connectivity index (χ2n) is 7.78. The van der Waals surface area contributed by atoms with Crippen molar-refractivity contribution in [2.24, 2.45) is 11.3 Å². The largest absolute Gasteiger partial charge is 0.396 e. The predicted molar refractivity (Wildman–Crippen MR) is 96.4 cm³/mol. The van der Waals surface area contributed by atoms with E-state index in [0.717, 1.165) is 44.6 Å². The first-order chi connectivity index (χ1) is 12.1. The standard InChI is InChI=1S/C19H31N3O3/c1-22(2)18(24)16-5-4-15(21-16)12-20-17(14-6-10-25-11-7-14)19(13-23)8-3-9-19/h4-5,14,17,20-21,23H,3,6-13H2,1-2H3. The van der Waals surface area contributed by atoms with Crippen molar-refractivity contribution in [3.05, 3.63) is 23.5 Å². The van der Waals surface area contributed by atoms with Gasteiger partial charge in [-0.25, -0.2) is 0 Å². The highest BCUT2D eigenvalue weighted by Gasteiger charge is 2.46. The van der Waals surface area contributed by atoms with Crippen LogP contribution in [0.1, 0.15) is 48.3 Å². The summed E-state index contributed by atoms with van der Waals surface area (Å²) < 4.78 is 5.52. The van der Waals surface area contributed by atoms with E-state index in [4.69, 9.17) is 4.74 Å². The van der Waals surface area contributed by atoms with Gasteiger partial charge in [0.25, 0.3) is 5.91 Å². The summed E-state index contributed by atoms with van der Waals surface area (Å²) in [5.74, 6) is 0.525. The van der Waals surface area contributed by atoms with E-state index in [1.807, 2.05) is 12.1 Å². The molecule has 1 aliphatic carbocycles. The molecule has 6 heteroatoms. The fraction of sp³-hybridized carbons (Fsp3) is 0.737. The number of H-pyrrole nitrogens is 1. The number of hydrogen-bond acceptors (Lipinski definition) is 4. The minimum Gasteiger partial charge on any atom is -0.396 e. The lowest BCUT2D eigenvalue weighted by molar-refractivity contribution is -0.0411. The van der Waals surface area contributed by atoms with Gasteiger partial charge in [-0.3, -0.25) is 4.79 Å². The van der Waals surface area contributed by atoms with Crippen LogP contribution in [0.2, 0.25) is 0 Å². The van der Waals surface area contributed by atoms with Gasteiger partial charge in [0.2, 0.25) is 0 Å². The first kappa shape index (κ1) is 18.4. The SMILES string of the molecule is CN(C)C(=O)c1ccc(CNC(C2CCOCC2)C2(CO)CCC2)[nH]1. The molecule has 1 atom stereocenters. The molecule has 25 heavy (non-hydrogen) atoms. The van der Waals surface area contributed by atoms with Crippen LogP contribution in [0.15, 0.2) is 12.1 Å². The van der Waals surface area contributed by atoms with Crippen molar-refractivity contribution in [1.29, 1.82) is 0 Å². The Morgan fingerprint density at radius 3 is 2.68 bits per heavy atom. The van der Waals surface area contributed by atoms with E-state index in [2.05, 4.69) is 10.3 Å². The zero-order chi connectivity index (χ0) is 17.9. The Morgan fingerprint density at radius 2 is 2.12 bits per heavy atom. The molecule has 0 radical (unpaired) electrons. The van der Waals surface area contributed by atoms with Crippen LogP contribution in [-0.2, 0) is 11.3 Å². The molecule has 3 N–H and O–H groups in total. The molecule has 6 nitrogen and oxygen atoms in total. The highest BCUT2D eigenvalue weighted by molar-refractivity contribution is 5.92. The van der Waals surface area contributed by atoms with Crippen LogP contribution in [0.3, 0.4) is 0 Å². The van der Waals surface area contributed by atoms with Gasteiger partial charge in [-0.2, -0.15) is 0 Å². The van der Waals surface area contributed by atoms with Crippen LogP contribution in [0.5, 0.6) is 0 Å². The highest BCUT2D eigenvalue weighted by Crippen LogP contribution is 2.47. The summed E-state index contributed by atoms with van der Waals surface area (Å²) in [7, 11) is 3.51. The summed E-state index contributed by atoms with van der Waals surface area (Å²) in [5, 5.41) is 13.8. The van der Waals surface area contributed by atoms with Crippen molar-refractivity contribution in [3.8, 4) is 0 Å². The maximum absolute atomic E-state index is 12.0. The molecule has 1 saturated carbocycles. The fourth-order valence-electron chi connectivity index (χ4n) is 4.26. The van der Waals surface area contributed by atoms with Gasteiger partial charge in [0.15, 0.2) is 0 Å². The molecule has 1 aromatic rings. The molecule has 1 amide bonds. The number of aromatic nitrogens is 1. The van der Waals surface area contributed by atoms with Crippen molar-refractivity contribution >= 4 is 5.91 Å². The Balaban J connectivity index is 1.67. The monoisotopic (exact) mass is 349 g/mol. The summed E-state index contributed by atoms with van der Waals surface area (Å²) in [4.78, 5) is 16.8. The van der Waals surface area contributed by atoms with Crippen LogP contribution < -0.4 is 5.32 Å². The van der Waals surface area contributed by atoms with E-state index >= 15 is 0 Å². The maximum atomic E-state index is 12.0. The van der Waals surface area contributed by atoms with E-state index in [-0.39, 0.29) is 17.9 Å². The molecule has 0 bridgehead atoms. The van der Waals surface area contributed by atoms with Crippen LogP contribution in [0.25, 0.3) is 0 Å². The lowest BCUT2D eigenvalue weighted by Crippen LogP contribution is -2.56. The van der Waals surface area contributed by atoms with Gasteiger partial charge < -0.3 is 25.0 Å². The number of hydrogen-bond donors (Lipinski definition) is 3. The number of aliphatic hydroxyl groups is 1. The van der Waals surface area contributed by atoms with E-state index in [9.17, 15) is 9.90 Å². The first-order valence-corrected chi connectivity index (χ1v) is 9.37. The third-order valence-electron chi connectivity index (χ3n) is 5.96. The number of ether oxygens (including phenoxy) is 1. The Labute approximate surface area is 149 Å². The van der Waals surface area contributed by atoms with Crippen LogP contribution >= 0.6 is 0 Å². The topological polar surface area (TPSA) is 77.6 Å². The van der Waals surface area contributed by atoms with Crippen LogP contribution in [-0.4, -0.2) is 60.9 Å². The second kappa shape index (κ2) is 7.89. The van der Waals surface area contributed by atoms with Crippen molar-refractivity contribution in [1.82, 2.24) is 15.2 Å². The van der Waals surface area contributed by atoms with Gasteiger partial charge in [0, 0.05) is 51.0 Å². The van der Waals surface area contributed by atoms with E-state index < -0.39 is 0 Å². The van der Waals surface area contributed by atoms with E-state index in [0.29, 0.717) is 24.2 Å². The smallest absolute Gasteiger partial charge is 0.269 e. The van der Waals surface area contributed by atoms with Gasteiger partial charge in [-0.1, -0.05) is 6.42 Å². The number of carbonyl (C=O) groups excluding carboxylic acids is 1. The Hall–Kier alpha value is -1.37. The lowest BCUT2D eigenvalue weighted by atomic mass is 9.60. The number of nitrogens with zero attached hydrogens (tertiary/aromatic N) is 1. The van der Waals surface area contributed by atoms with E-state index in [1.54, 1.807) is 19.0 Å². The number of carbonyl (C=O) groups is 1. The molecule has 1 unspecified atom stereocenters. The number of aromatic amines is 1. The van der Waals surface area contributed by atoms with Gasteiger partial charge in [0.1, 0.15) is 5.69 Å². The van der Waals surface area contributed by atoms with Gasteiger partial charge in [-0.05, 0) is 43.7 Å². The molecular formula is C19H31N3O3. The minimum absolute atomic E-state index is 0.0108. The van der Waals surface area contributed by atoms with Crippen molar-refractivity contribution in [2.75, 3.05) is 33.9 Å². The quantitative estimate of drug-likeness (QED) is 0.701. The maximum Gasteiger partial charge on any atom is 0.269 e. The summed E-state index contributed by atoms with van der Waals surface area (Å²) in [6, 6.07) is 4.11. The fourth-order valence-corrected chi connectivity index (χ4v) is 4.26. The Kier molecular flexibility index (Phi) is 5.81. The number of aliphatic hydroxyl groups excluding tert-OH is 1. The Morgan fingerprint density at radius 1 is 1.40 bits per heavy atom. The Bertz CT molecular complexity index is 569. The molecule has 2 fully saturated rings. The number of nitrogens with one attached hydrogen (secondary N) is 2. The van der Waals surface area contributed by atoms with Crippen molar-refractivity contribution in [3.63, 3.8) is 0 Å². The van der Waals surface area contributed by atoms with Crippen LogP contribution in [0.4, 0.5) is 0 Å². The average Bonchev–Trinajstić information content (AvgIpc) is 3.06. The third-order valence-corrected chi connectivity index (χ3v) is 5.96. The minimum atomic E-state index is -0.0157. The first-order valence-electron chi connectivity index (χ1n) is 9.37. The molecule has 2 heterocycles. The molecule has 140 valence electrons. The summed E-state index contributed by atoms with van der Waals surface area (Å²) >= 11 is 0. The molecule has 1 saturated heterocycles. The van der Waals surface area contributed by atoms with Gasteiger partial charge in [0.05, 0.1) is 6.61 Å². The summed E-state index contributed by atoms with van der Waals surface area (Å²) in [6.45, 7) is 2.56. The summed E-state index contributed by atoms with van der Waals surface area (Å²) in [6.07, 6.45) is 5.48. The second-order valence-corrected chi connectivity index (χ2v) is 7.78. The predicted octanol–water partition coefficient (Wildman–Crippen LogP) is 1.76. The zero-order valence-electron chi connectivity index (χ0n) is 15.4. The third kappa shape index (κ3) is 3.91. The zero-order valence-corrected chi connectivity index (χ0v) is 15.4. The molecule has 1 aliphatic heterocycles. The molecule has 2 aliphatic rings. The lowest BCUT2D eigenvalue weighted by Gasteiger charge is -2.50. The number of rotatable bonds is 7. The number of amides is 1. The normalized spacial score (nSPS) is 21.6. The van der Waals surface area contributed by atoms with Crippen molar-refractivity contribution < 1.29 is 14.6 Å². The van der Waals surface area contributed by atoms with E-state index in [1.165, 1.54) is 6.42 Å². The molecular weight excluding hydrogens is 318 g/mol. The molecule has 0 aromatic carbocycles.